The number of hydrogen-bond acceptors (Lipinski definition) is 3. The maximum absolute atomic E-state index is 10.9. The molecule has 1 aromatic rings. The van der Waals surface area contributed by atoms with E-state index in [1.807, 2.05) is 0 Å². The zero-order valence-electron chi connectivity index (χ0n) is 10.8. The molecule has 0 atom stereocenters. The molecule has 0 aliphatic heterocycles. The monoisotopic (exact) mass is 255 g/mol. The zero-order chi connectivity index (χ0) is 12.9. The maximum Gasteiger partial charge on any atom is 0.147 e. The van der Waals surface area contributed by atoms with Gasteiger partial charge in [0.2, 0.25) is 0 Å². The van der Waals surface area contributed by atoms with Crippen molar-refractivity contribution < 1.29 is 8.42 Å². The minimum Gasteiger partial charge on any atom is -0.313 e. The van der Waals surface area contributed by atoms with Crippen molar-refractivity contribution in [2.75, 3.05) is 18.6 Å². The van der Waals surface area contributed by atoms with Gasteiger partial charge in [0, 0.05) is 12.8 Å². The molecule has 17 heavy (non-hydrogen) atoms. The van der Waals surface area contributed by atoms with Gasteiger partial charge in [0.1, 0.15) is 9.84 Å². The van der Waals surface area contributed by atoms with Gasteiger partial charge in [-0.25, -0.2) is 8.42 Å². The molecule has 0 spiro atoms. The first-order chi connectivity index (χ1) is 7.88. The Labute approximate surface area is 104 Å². The van der Waals surface area contributed by atoms with Gasteiger partial charge in [0.05, 0.1) is 5.75 Å². The van der Waals surface area contributed by atoms with Crippen LogP contribution in [-0.2, 0) is 16.4 Å². The van der Waals surface area contributed by atoms with Crippen LogP contribution in [-0.4, -0.2) is 27.0 Å². The van der Waals surface area contributed by atoms with Gasteiger partial charge in [0.25, 0.3) is 0 Å². The fourth-order valence-corrected chi connectivity index (χ4v) is 2.27. The molecule has 0 saturated heterocycles. The van der Waals surface area contributed by atoms with E-state index in [9.17, 15) is 8.42 Å². The van der Waals surface area contributed by atoms with Gasteiger partial charge in [-0.2, -0.15) is 0 Å². The summed E-state index contributed by atoms with van der Waals surface area (Å²) in [5, 5.41) is 3.26. The first-order valence-electron chi connectivity index (χ1n) is 5.83. The molecule has 0 aliphatic rings. The van der Waals surface area contributed by atoms with Gasteiger partial charge in [-0.05, 0) is 43.5 Å². The van der Waals surface area contributed by atoms with Crippen LogP contribution < -0.4 is 5.32 Å². The van der Waals surface area contributed by atoms with Gasteiger partial charge < -0.3 is 5.32 Å². The van der Waals surface area contributed by atoms with Crippen LogP contribution in [0.3, 0.4) is 0 Å². The minimum absolute atomic E-state index is 0.257. The normalized spacial score (nSPS) is 11.7. The number of nitrogens with one attached hydrogen (secondary N) is 1. The van der Waals surface area contributed by atoms with E-state index in [1.54, 1.807) is 0 Å². The molecule has 4 heteroatoms. The van der Waals surface area contributed by atoms with Crippen LogP contribution in [0.4, 0.5) is 0 Å². The molecule has 0 unspecified atom stereocenters. The van der Waals surface area contributed by atoms with Crippen LogP contribution in [0.2, 0.25) is 0 Å². The molecular formula is C13H21NO2S. The van der Waals surface area contributed by atoms with Crippen molar-refractivity contribution in [1.82, 2.24) is 5.32 Å². The Morgan fingerprint density at radius 1 is 1.18 bits per heavy atom. The Kier molecular flexibility index (Phi) is 5.15. The predicted octanol–water partition coefficient (Wildman–Crippen LogP) is 1.83. The summed E-state index contributed by atoms with van der Waals surface area (Å²) in [6.45, 7) is 5.73. The third kappa shape index (κ3) is 5.84. The van der Waals surface area contributed by atoms with E-state index in [1.165, 1.54) is 22.9 Å². The highest BCUT2D eigenvalue weighted by Gasteiger charge is 2.01. The summed E-state index contributed by atoms with van der Waals surface area (Å²) in [6, 6.07) is 6.38. The van der Waals surface area contributed by atoms with Crippen LogP contribution >= 0.6 is 0 Å². The smallest absolute Gasteiger partial charge is 0.147 e. The highest BCUT2D eigenvalue weighted by atomic mass is 32.2. The van der Waals surface area contributed by atoms with Gasteiger partial charge in [-0.1, -0.05) is 18.2 Å². The highest BCUT2D eigenvalue weighted by Crippen LogP contribution is 2.09. The quantitative estimate of drug-likeness (QED) is 0.789. The molecule has 1 rings (SSSR count). The Morgan fingerprint density at radius 3 is 2.47 bits per heavy atom. The molecule has 0 saturated carbocycles. The van der Waals surface area contributed by atoms with Crippen molar-refractivity contribution in [3.05, 3.63) is 34.9 Å². The summed E-state index contributed by atoms with van der Waals surface area (Å²) in [5.41, 5.74) is 3.83. The Bertz CT molecular complexity index is 466. The summed E-state index contributed by atoms with van der Waals surface area (Å²) in [6.07, 6.45) is 1.94. The first-order valence-corrected chi connectivity index (χ1v) is 7.89. The second-order valence-corrected chi connectivity index (χ2v) is 6.84. The molecule has 0 radical (unpaired) electrons. The van der Waals surface area contributed by atoms with E-state index in [4.69, 9.17) is 0 Å². The van der Waals surface area contributed by atoms with Gasteiger partial charge in [-0.3, -0.25) is 0 Å². The molecule has 0 amide bonds. The van der Waals surface area contributed by atoms with Crippen molar-refractivity contribution in [3.63, 3.8) is 0 Å². The van der Waals surface area contributed by atoms with Crippen LogP contribution in [0, 0.1) is 13.8 Å². The standard InChI is InChI=1S/C13H21NO2S/c1-11-5-6-13(9-12(11)2)10-14-7-4-8-17(3,15)16/h5-6,9,14H,4,7-8,10H2,1-3H3. The number of rotatable bonds is 6. The lowest BCUT2D eigenvalue weighted by Gasteiger charge is -2.07. The van der Waals surface area contributed by atoms with Crippen LogP contribution in [0.5, 0.6) is 0 Å². The average molecular weight is 255 g/mol. The van der Waals surface area contributed by atoms with E-state index in [-0.39, 0.29) is 5.75 Å². The topological polar surface area (TPSA) is 46.2 Å². The van der Waals surface area contributed by atoms with Crippen molar-refractivity contribution in [2.24, 2.45) is 0 Å². The number of hydrogen-bond donors (Lipinski definition) is 1. The molecule has 0 heterocycles. The predicted molar refractivity (Wildman–Crippen MR) is 72.0 cm³/mol. The number of benzene rings is 1. The van der Waals surface area contributed by atoms with Crippen LogP contribution in [0.25, 0.3) is 0 Å². The van der Waals surface area contributed by atoms with Crippen molar-refractivity contribution in [2.45, 2.75) is 26.8 Å². The lowest BCUT2D eigenvalue weighted by atomic mass is 10.1. The lowest BCUT2D eigenvalue weighted by molar-refractivity contribution is 0.594. The third-order valence-corrected chi connectivity index (χ3v) is 3.80. The fourth-order valence-electron chi connectivity index (χ4n) is 1.61. The molecule has 1 N–H and O–H groups in total. The first kappa shape index (κ1) is 14.2. The molecule has 3 nitrogen and oxygen atoms in total. The van der Waals surface area contributed by atoms with E-state index in [0.29, 0.717) is 6.42 Å². The number of sulfone groups is 1. The SMILES string of the molecule is Cc1ccc(CNCCCS(C)(=O)=O)cc1C. The van der Waals surface area contributed by atoms with Crippen molar-refractivity contribution in [3.8, 4) is 0 Å². The van der Waals surface area contributed by atoms with Gasteiger partial charge in [-0.15, -0.1) is 0 Å². The van der Waals surface area contributed by atoms with Crippen molar-refractivity contribution in [1.29, 1.82) is 0 Å². The molecule has 0 aliphatic carbocycles. The number of aryl methyl sites for hydroxylation is 2. The molecule has 0 bridgehead atoms. The van der Waals surface area contributed by atoms with Gasteiger partial charge in [0.15, 0.2) is 0 Å². The lowest BCUT2D eigenvalue weighted by Crippen LogP contribution is -2.17. The maximum atomic E-state index is 10.9. The zero-order valence-corrected chi connectivity index (χ0v) is 11.6. The van der Waals surface area contributed by atoms with E-state index in [2.05, 4.69) is 37.4 Å². The Balaban J connectivity index is 2.29. The Hall–Kier alpha value is -0.870. The Morgan fingerprint density at radius 2 is 1.88 bits per heavy atom. The van der Waals surface area contributed by atoms with Crippen LogP contribution in [0.1, 0.15) is 23.1 Å². The summed E-state index contributed by atoms with van der Waals surface area (Å²) in [7, 11) is -2.82. The van der Waals surface area contributed by atoms with E-state index >= 15 is 0 Å². The summed E-state index contributed by atoms with van der Waals surface area (Å²) in [4.78, 5) is 0. The molecule has 0 fully saturated rings. The van der Waals surface area contributed by atoms with Gasteiger partial charge >= 0.3 is 0 Å². The third-order valence-electron chi connectivity index (χ3n) is 2.77. The molecular weight excluding hydrogens is 234 g/mol. The molecule has 96 valence electrons. The van der Waals surface area contributed by atoms with Crippen LogP contribution in [0.15, 0.2) is 18.2 Å². The van der Waals surface area contributed by atoms with E-state index in [0.717, 1.165) is 13.1 Å². The minimum atomic E-state index is -2.82. The second kappa shape index (κ2) is 6.17. The fraction of sp³-hybridized carbons (Fsp3) is 0.538. The van der Waals surface area contributed by atoms with Crippen molar-refractivity contribution >= 4 is 9.84 Å². The highest BCUT2D eigenvalue weighted by molar-refractivity contribution is 7.90. The molecule has 1 aromatic carbocycles. The molecule has 0 aromatic heterocycles. The summed E-state index contributed by atoms with van der Waals surface area (Å²) in [5.74, 6) is 0.257. The average Bonchev–Trinajstić information content (AvgIpc) is 2.21. The summed E-state index contributed by atoms with van der Waals surface area (Å²) < 4.78 is 21.8. The largest absolute Gasteiger partial charge is 0.313 e. The van der Waals surface area contributed by atoms with E-state index < -0.39 is 9.84 Å². The summed E-state index contributed by atoms with van der Waals surface area (Å²) >= 11 is 0. The second-order valence-electron chi connectivity index (χ2n) is 4.58.